The quantitative estimate of drug-likeness (QED) is 0.700. The molecule has 1 unspecified atom stereocenters. The van der Waals surface area contributed by atoms with Crippen LogP contribution in [-0.4, -0.2) is 48.3 Å². The van der Waals surface area contributed by atoms with E-state index >= 15 is 0 Å². The maximum absolute atomic E-state index is 11.5. The Balaban J connectivity index is 3.87. The Labute approximate surface area is 98.6 Å². The summed E-state index contributed by atoms with van der Waals surface area (Å²) in [5.74, 6) is 0.184. The highest BCUT2D eigenvalue weighted by Crippen LogP contribution is 2.08. The Hall–Kier alpha value is -0.610. The molecule has 0 aliphatic heterocycles. The minimum absolute atomic E-state index is 0.196. The van der Waals surface area contributed by atoms with Gasteiger partial charge in [0.25, 0.3) is 0 Å². The first kappa shape index (κ1) is 15.4. The normalized spacial score (nSPS) is 13.9. The summed E-state index contributed by atoms with van der Waals surface area (Å²) in [5.41, 5.74) is -0.422. The fraction of sp³-hybridized carbons (Fsp3) is 0.917. The molecule has 0 fully saturated rings. The summed E-state index contributed by atoms with van der Waals surface area (Å²) in [4.78, 5) is 13.4. The van der Waals surface area contributed by atoms with Gasteiger partial charge in [-0.25, -0.2) is 0 Å². The molecule has 0 amide bonds. The molecule has 0 saturated heterocycles. The summed E-state index contributed by atoms with van der Waals surface area (Å²) in [6.07, 6.45) is 0.763. The van der Waals surface area contributed by atoms with Gasteiger partial charge >= 0.3 is 5.97 Å². The van der Waals surface area contributed by atoms with Crippen molar-refractivity contribution in [2.75, 3.05) is 26.7 Å². The molecule has 0 aromatic carbocycles. The topological polar surface area (TPSA) is 49.8 Å². The van der Waals surface area contributed by atoms with Gasteiger partial charge in [-0.2, -0.15) is 0 Å². The summed E-state index contributed by atoms with van der Waals surface area (Å²) in [6, 6.07) is 0. The number of nitrogens with zero attached hydrogens (tertiary/aromatic N) is 1. The third-order valence-corrected chi connectivity index (χ3v) is 2.06. The number of hydrogen-bond donors (Lipinski definition) is 1. The van der Waals surface area contributed by atoms with Crippen LogP contribution in [0.2, 0.25) is 0 Å². The van der Waals surface area contributed by atoms with Gasteiger partial charge in [0.2, 0.25) is 0 Å². The molecule has 0 radical (unpaired) electrons. The van der Waals surface area contributed by atoms with E-state index < -0.39 is 5.60 Å². The van der Waals surface area contributed by atoms with Crippen LogP contribution in [0.3, 0.4) is 0 Å². The van der Waals surface area contributed by atoms with E-state index in [9.17, 15) is 4.79 Å². The van der Waals surface area contributed by atoms with Crippen LogP contribution in [0.15, 0.2) is 0 Å². The highest BCUT2D eigenvalue weighted by atomic mass is 16.6. The van der Waals surface area contributed by atoms with Crippen molar-refractivity contribution in [2.24, 2.45) is 5.92 Å². The van der Waals surface area contributed by atoms with Crippen molar-refractivity contribution in [1.82, 2.24) is 4.90 Å². The Morgan fingerprint density at radius 3 is 2.44 bits per heavy atom. The molecule has 1 atom stereocenters. The van der Waals surface area contributed by atoms with E-state index in [0.717, 1.165) is 13.0 Å². The van der Waals surface area contributed by atoms with Gasteiger partial charge in [0, 0.05) is 13.2 Å². The van der Waals surface area contributed by atoms with Crippen LogP contribution in [0.25, 0.3) is 0 Å². The van der Waals surface area contributed by atoms with E-state index in [4.69, 9.17) is 9.84 Å². The molecule has 0 aliphatic carbocycles. The zero-order valence-corrected chi connectivity index (χ0v) is 11.1. The van der Waals surface area contributed by atoms with Gasteiger partial charge in [-0.15, -0.1) is 0 Å². The van der Waals surface area contributed by atoms with Gasteiger partial charge in [-0.05, 0) is 40.2 Å². The van der Waals surface area contributed by atoms with Gasteiger partial charge in [0.1, 0.15) is 5.60 Å². The molecular weight excluding hydrogens is 206 g/mol. The second-order valence-electron chi connectivity index (χ2n) is 5.40. The van der Waals surface area contributed by atoms with Crippen molar-refractivity contribution in [3.05, 3.63) is 0 Å². The molecule has 16 heavy (non-hydrogen) atoms. The van der Waals surface area contributed by atoms with E-state index in [1.807, 2.05) is 32.7 Å². The van der Waals surface area contributed by atoms with Crippen LogP contribution in [0.5, 0.6) is 0 Å². The Kier molecular flexibility index (Phi) is 6.60. The van der Waals surface area contributed by atoms with Crippen LogP contribution in [0, 0.1) is 5.92 Å². The van der Waals surface area contributed by atoms with Crippen molar-refractivity contribution in [3.8, 4) is 0 Å². The van der Waals surface area contributed by atoms with Crippen molar-refractivity contribution in [3.63, 3.8) is 0 Å². The van der Waals surface area contributed by atoms with Gasteiger partial charge in [0.05, 0.1) is 6.54 Å². The minimum atomic E-state index is -0.422. The third kappa shape index (κ3) is 8.68. The van der Waals surface area contributed by atoms with Crippen LogP contribution in [-0.2, 0) is 9.53 Å². The molecule has 96 valence electrons. The molecule has 0 aromatic heterocycles. The Bertz CT molecular complexity index is 211. The highest BCUT2D eigenvalue weighted by Gasteiger charge is 2.18. The number of rotatable bonds is 6. The first-order chi connectivity index (χ1) is 7.24. The smallest absolute Gasteiger partial charge is 0.320 e. The van der Waals surface area contributed by atoms with E-state index in [1.54, 1.807) is 0 Å². The molecule has 0 saturated carbocycles. The number of ether oxygens (including phenoxy) is 1. The lowest BCUT2D eigenvalue weighted by Gasteiger charge is -2.24. The predicted molar refractivity (Wildman–Crippen MR) is 64.2 cm³/mol. The summed E-state index contributed by atoms with van der Waals surface area (Å²) >= 11 is 0. The van der Waals surface area contributed by atoms with Crippen LogP contribution in [0.4, 0.5) is 0 Å². The lowest BCUT2D eigenvalue weighted by Crippen LogP contribution is -2.34. The Morgan fingerprint density at radius 1 is 1.44 bits per heavy atom. The first-order valence-electron chi connectivity index (χ1n) is 5.76. The summed E-state index contributed by atoms with van der Waals surface area (Å²) in [5, 5.41) is 8.77. The van der Waals surface area contributed by atoms with Crippen molar-refractivity contribution < 1.29 is 14.6 Å². The van der Waals surface area contributed by atoms with E-state index in [-0.39, 0.29) is 12.6 Å². The average Bonchev–Trinajstić information content (AvgIpc) is 1.98. The molecule has 0 bridgehead atoms. The van der Waals surface area contributed by atoms with Crippen molar-refractivity contribution >= 4 is 5.97 Å². The summed E-state index contributed by atoms with van der Waals surface area (Å²) in [6.45, 7) is 8.92. The van der Waals surface area contributed by atoms with Gasteiger partial charge < -0.3 is 9.84 Å². The average molecular weight is 231 g/mol. The number of hydrogen-bond acceptors (Lipinski definition) is 4. The lowest BCUT2D eigenvalue weighted by atomic mass is 10.1. The van der Waals surface area contributed by atoms with E-state index in [0.29, 0.717) is 12.5 Å². The Morgan fingerprint density at radius 2 is 2.00 bits per heavy atom. The second kappa shape index (κ2) is 6.86. The fourth-order valence-corrected chi connectivity index (χ4v) is 1.50. The molecular formula is C12H25NO3. The van der Waals surface area contributed by atoms with Gasteiger partial charge in [-0.1, -0.05) is 6.92 Å². The SMILES string of the molecule is CC(CCO)CN(C)CC(=O)OC(C)(C)C. The minimum Gasteiger partial charge on any atom is -0.459 e. The zero-order valence-electron chi connectivity index (χ0n) is 11.1. The van der Waals surface area contributed by atoms with Crippen LogP contribution in [0.1, 0.15) is 34.1 Å². The molecule has 0 aliphatic rings. The third-order valence-electron chi connectivity index (χ3n) is 2.06. The van der Waals surface area contributed by atoms with Crippen molar-refractivity contribution in [1.29, 1.82) is 0 Å². The number of carbonyl (C=O) groups excluding carboxylic acids is 1. The second-order valence-corrected chi connectivity index (χ2v) is 5.40. The highest BCUT2D eigenvalue weighted by molar-refractivity contribution is 5.72. The maximum atomic E-state index is 11.5. The fourth-order valence-electron chi connectivity index (χ4n) is 1.50. The molecule has 1 N–H and O–H groups in total. The predicted octanol–water partition coefficient (Wildman–Crippen LogP) is 1.28. The summed E-state index contributed by atoms with van der Waals surface area (Å²) in [7, 11) is 1.89. The number of aliphatic hydroxyl groups is 1. The standard InChI is InChI=1S/C12H25NO3/c1-10(6-7-14)8-13(5)9-11(15)16-12(2,3)4/h10,14H,6-9H2,1-5H3. The van der Waals surface area contributed by atoms with Crippen molar-refractivity contribution in [2.45, 2.75) is 39.7 Å². The van der Waals surface area contributed by atoms with Crippen LogP contribution >= 0.6 is 0 Å². The molecule has 4 heteroatoms. The molecule has 0 heterocycles. The van der Waals surface area contributed by atoms with Crippen LogP contribution < -0.4 is 0 Å². The lowest BCUT2D eigenvalue weighted by molar-refractivity contribution is -0.155. The van der Waals surface area contributed by atoms with Gasteiger partial charge in [-0.3, -0.25) is 9.69 Å². The van der Waals surface area contributed by atoms with E-state index in [2.05, 4.69) is 6.92 Å². The summed E-state index contributed by atoms with van der Waals surface area (Å²) < 4.78 is 5.22. The maximum Gasteiger partial charge on any atom is 0.320 e. The molecule has 0 rings (SSSR count). The molecule has 4 nitrogen and oxygen atoms in total. The molecule has 0 spiro atoms. The van der Waals surface area contributed by atoms with Gasteiger partial charge in [0.15, 0.2) is 0 Å². The number of esters is 1. The largest absolute Gasteiger partial charge is 0.459 e. The zero-order chi connectivity index (χ0) is 12.8. The number of carbonyl (C=O) groups is 1. The number of aliphatic hydroxyl groups excluding tert-OH is 1. The first-order valence-corrected chi connectivity index (χ1v) is 5.76. The monoisotopic (exact) mass is 231 g/mol. The number of likely N-dealkylation sites (N-methyl/N-ethyl adjacent to an activating group) is 1. The van der Waals surface area contributed by atoms with E-state index in [1.165, 1.54) is 0 Å². The molecule has 0 aromatic rings.